The number of piperidine rings is 1. The zero-order chi connectivity index (χ0) is 14.4. The van der Waals surface area contributed by atoms with Crippen LogP contribution >= 0.6 is 0 Å². The zero-order valence-corrected chi connectivity index (χ0v) is 13.8. The number of nitrogens with two attached hydrogens (primary N) is 1. The van der Waals surface area contributed by atoms with Gasteiger partial charge in [0.2, 0.25) is 0 Å². The molecule has 4 fully saturated rings. The standard InChI is InChI=1S/C18H33N3/c1-20(12-16-11-14-5-6-15(16)10-14)18(13-19)7-9-21-8-3-2-4-17(18)21/h14-17H,2-13,19H2,1H3. The fourth-order valence-electron chi connectivity index (χ4n) is 6.34. The SMILES string of the molecule is CN(CC1CC2CCC1C2)C1(CN)CCN2CCCCC21. The van der Waals surface area contributed by atoms with Crippen LogP contribution in [0.1, 0.15) is 51.4 Å². The highest BCUT2D eigenvalue weighted by molar-refractivity contribution is 5.08. The average molecular weight is 291 g/mol. The van der Waals surface area contributed by atoms with Crippen LogP contribution < -0.4 is 5.73 Å². The van der Waals surface area contributed by atoms with Gasteiger partial charge in [0.25, 0.3) is 0 Å². The predicted octanol–water partition coefficient (Wildman–Crippen LogP) is 2.31. The third-order valence-electron chi connectivity index (χ3n) is 7.57. The van der Waals surface area contributed by atoms with Crippen molar-refractivity contribution in [2.45, 2.75) is 62.9 Å². The number of hydrogen-bond acceptors (Lipinski definition) is 3. The highest BCUT2D eigenvalue weighted by Crippen LogP contribution is 2.49. The van der Waals surface area contributed by atoms with E-state index in [1.54, 1.807) is 0 Å². The molecule has 3 nitrogen and oxygen atoms in total. The van der Waals surface area contributed by atoms with E-state index in [9.17, 15) is 0 Å². The minimum absolute atomic E-state index is 0.280. The molecule has 4 aliphatic rings. The van der Waals surface area contributed by atoms with Crippen LogP contribution in [0, 0.1) is 17.8 Å². The second-order valence-corrected chi connectivity index (χ2v) is 8.42. The van der Waals surface area contributed by atoms with Gasteiger partial charge in [0.1, 0.15) is 0 Å². The molecular weight excluding hydrogens is 258 g/mol. The highest BCUT2D eigenvalue weighted by Gasteiger charge is 2.50. The van der Waals surface area contributed by atoms with Crippen molar-refractivity contribution in [1.82, 2.24) is 9.80 Å². The summed E-state index contributed by atoms with van der Waals surface area (Å²) in [5.41, 5.74) is 6.64. The molecule has 0 amide bonds. The van der Waals surface area contributed by atoms with Gasteiger partial charge in [0.05, 0.1) is 0 Å². The van der Waals surface area contributed by atoms with Crippen molar-refractivity contribution in [2.75, 3.05) is 33.2 Å². The largest absolute Gasteiger partial charge is 0.329 e. The Bertz CT molecular complexity index is 385. The molecule has 0 spiro atoms. The topological polar surface area (TPSA) is 32.5 Å². The summed E-state index contributed by atoms with van der Waals surface area (Å²) in [7, 11) is 2.39. The molecule has 0 radical (unpaired) electrons. The van der Waals surface area contributed by atoms with E-state index in [2.05, 4.69) is 16.8 Å². The van der Waals surface area contributed by atoms with Gasteiger partial charge in [-0.25, -0.2) is 0 Å². The van der Waals surface area contributed by atoms with Crippen molar-refractivity contribution in [2.24, 2.45) is 23.5 Å². The van der Waals surface area contributed by atoms with Crippen LogP contribution in [0.3, 0.4) is 0 Å². The molecule has 3 heteroatoms. The van der Waals surface area contributed by atoms with Gasteiger partial charge in [0.15, 0.2) is 0 Å². The molecule has 5 unspecified atom stereocenters. The maximum Gasteiger partial charge on any atom is 0.0496 e. The van der Waals surface area contributed by atoms with E-state index in [0.29, 0.717) is 0 Å². The number of likely N-dealkylation sites (N-methyl/N-ethyl adjacent to an activating group) is 1. The molecule has 2 bridgehead atoms. The summed E-state index contributed by atoms with van der Waals surface area (Å²) < 4.78 is 0. The molecule has 2 aliphatic carbocycles. The molecular formula is C18H33N3. The van der Waals surface area contributed by atoms with Crippen molar-refractivity contribution < 1.29 is 0 Å². The van der Waals surface area contributed by atoms with Gasteiger partial charge in [-0.05, 0) is 69.9 Å². The quantitative estimate of drug-likeness (QED) is 0.863. The minimum atomic E-state index is 0.280. The molecule has 0 aromatic heterocycles. The van der Waals surface area contributed by atoms with Gasteiger partial charge in [0, 0.05) is 31.2 Å². The summed E-state index contributed by atoms with van der Waals surface area (Å²) in [6.45, 7) is 4.76. The Hall–Kier alpha value is -0.120. The molecule has 0 aromatic rings. The molecule has 2 heterocycles. The molecule has 2 saturated heterocycles. The fourth-order valence-corrected chi connectivity index (χ4v) is 6.34. The fraction of sp³-hybridized carbons (Fsp3) is 1.00. The Kier molecular flexibility index (Phi) is 3.79. The lowest BCUT2D eigenvalue weighted by Crippen LogP contribution is -2.61. The van der Waals surface area contributed by atoms with Crippen molar-refractivity contribution in [1.29, 1.82) is 0 Å². The maximum absolute atomic E-state index is 6.36. The van der Waals surface area contributed by atoms with Crippen molar-refractivity contribution >= 4 is 0 Å². The zero-order valence-electron chi connectivity index (χ0n) is 13.8. The normalized spacial score (nSPS) is 46.4. The minimum Gasteiger partial charge on any atom is -0.329 e. The molecule has 2 N–H and O–H groups in total. The van der Waals surface area contributed by atoms with Crippen LogP contribution in [0.15, 0.2) is 0 Å². The van der Waals surface area contributed by atoms with Crippen LogP contribution in [-0.4, -0.2) is 54.6 Å². The molecule has 2 saturated carbocycles. The third kappa shape index (κ3) is 2.27. The van der Waals surface area contributed by atoms with Gasteiger partial charge in [-0.2, -0.15) is 0 Å². The molecule has 2 aliphatic heterocycles. The number of fused-ring (bicyclic) bond motifs is 3. The Morgan fingerprint density at radius 2 is 2.05 bits per heavy atom. The summed E-state index contributed by atoms with van der Waals surface area (Å²) in [5.74, 6) is 3.07. The van der Waals surface area contributed by atoms with E-state index in [1.807, 2.05) is 0 Å². The second-order valence-electron chi connectivity index (χ2n) is 8.42. The Morgan fingerprint density at radius 3 is 2.76 bits per heavy atom. The van der Waals surface area contributed by atoms with E-state index in [1.165, 1.54) is 71.0 Å². The molecule has 4 rings (SSSR count). The molecule has 5 atom stereocenters. The first kappa shape index (κ1) is 14.5. The van der Waals surface area contributed by atoms with E-state index in [-0.39, 0.29) is 5.54 Å². The Morgan fingerprint density at radius 1 is 1.14 bits per heavy atom. The maximum atomic E-state index is 6.36. The van der Waals surface area contributed by atoms with Gasteiger partial charge in [-0.15, -0.1) is 0 Å². The molecule has 0 aromatic carbocycles. The van der Waals surface area contributed by atoms with Crippen molar-refractivity contribution in [3.05, 3.63) is 0 Å². The molecule has 21 heavy (non-hydrogen) atoms. The summed E-state index contributed by atoms with van der Waals surface area (Å²) in [6.07, 6.45) is 11.5. The summed E-state index contributed by atoms with van der Waals surface area (Å²) >= 11 is 0. The van der Waals surface area contributed by atoms with Crippen LogP contribution in [0.2, 0.25) is 0 Å². The second kappa shape index (κ2) is 5.50. The van der Waals surface area contributed by atoms with E-state index in [0.717, 1.165) is 30.3 Å². The monoisotopic (exact) mass is 291 g/mol. The van der Waals surface area contributed by atoms with Gasteiger partial charge >= 0.3 is 0 Å². The third-order valence-corrected chi connectivity index (χ3v) is 7.57. The van der Waals surface area contributed by atoms with Gasteiger partial charge < -0.3 is 5.73 Å². The average Bonchev–Trinajstić information content (AvgIpc) is 3.21. The first-order valence-corrected chi connectivity index (χ1v) is 9.38. The van der Waals surface area contributed by atoms with Crippen molar-refractivity contribution in [3.63, 3.8) is 0 Å². The number of nitrogens with zero attached hydrogens (tertiary/aromatic N) is 2. The van der Waals surface area contributed by atoms with Crippen molar-refractivity contribution in [3.8, 4) is 0 Å². The van der Waals surface area contributed by atoms with E-state index < -0.39 is 0 Å². The lowest BCUT2D eigenvalue weighted by atomic mass is 9.82. The summed E-state index contributed by atoms with van der Waals surface area (Å²) in [6, 6.07) is 0.736. The Labute approximate surface area is 130 Å². The van der Waals surface area contributed by atoms with Gasteiger partial charge in [-0.1, -0.05) is 12.8 Å². The van der Waals surface area contributed by atoms with Crippen LogP contribution in [-0.2, 0) is 0 Å². The highest BCUT2D eigenvalue weighted by atomic mass is 15.3. The predicted molar refractivity (Wildman–Crippen MR) is 87.2 cm³/mol. The van der Waals surface area contributed by atoms with E-state index >= 15 is 0 Å². The number of hydrogen-bond donors (Lipinski definition) is 1. The lowest BCUT2D eigenvalue weighted by molar-refractivity contribution is 0.0391. The van der Waals surface area contributed by atoms with Crippen LogP contribution in [0.5, 0.6) is 0 Å². The summed E-state index contributed by atoms with van der Waals surface area (Å²) in [5, 5.41) is 0. The first-order chi connectivity index (χ1) is 10.2. The Balaban J connectivity index is 1.47. The van der Waals surface area contributed by atoms with Gasteiger partial charge in [-0.3, -0.25) is 9.80 Å². The lowest BCUT2D eigenvalue weighted by Gasteiger charge is -2.47. The first-order valence-electron chi connectivity index (χ1n) is 9.38. The van der Waals surface area contributed by atoms with Crippen LogP contribution in [0.4, 0.5) is 0 Å². The van der Waals surface area contributed by atoms with E-state index in [4.69, 9.17) is 5.73 Å². The smallest absolute Gasteiger partial charge is 0.0496 e. The molecule has 120 valence electrons. The summed E-state index contributed by atoms with van der Waals surface area (Å²) in [4.78, 5) is 5.46. The van der Waals surface area contributed by atoms with Crippen LogP contribution in [0.25, 0.3) is 0 Å². The number of rotatable bonds is 4.